The molecule has 0 bridgehead atoms. The maximum absolute atomic E-state index is 10.8. The van der Waals surface area contributed by atoms with Crippen LogP contribution in [0.1, 0.15) is 5.76 Å². The highest BCUT2D eigenvalue weighted by Gasteiger charge is 2.15. The first-order valence-electron chi connectivity index (χ1n) is 5.38. The first-order valence-corrected chi connectivity index (χ1v) is 5.76. The van der Waals surface area contributed by atoms with Gasteiger partial charge in [-0.2, -0.15) is 0 Å². The molecular weight excluding hydrogens is 290 g/mol. The predicted octanol–water partition coefficient (Wildman–Crippen LogP) is 3.36. The third-order valence-corrected chi connectivity index (χ3v) is 2.67. The van der Waals surface area contributed by atoms with Crippen LogP contribution in [0.3, 0.4) is 0 Å². The third-order valence-electron chi connectivity index (χ3n) is 2.44. The second-order valence-electron chi connectivity index (χ2n) is 3.77. The maximum Gasteiger partial charge on any atom is 0.433 e. The van der Waals surface area contributed by atoms with Crippen LogP contribution in [0.4, 0.5) is 17.3 Å². The topological polar surface area (TPSA) is 111 Å². The Bertz CT molecular complexity index is 670. The highest BCUT2D eigenvalue weighted by Crippen LogP contribution is 2.28. The Morgan fingerprint density at radius 3 is 2.50 bits per heavy atom. The number of hydrogen-bond donors (Lipinski definition) is 1. The summed E-state index contributed by atoms with van der Waals surface area (Å²) in [7, 11) is 0. The lowest BCUT2D eigenvalue weighted by atomic mass is 10.2. The van der Waals surface area contributed by atoms with Gasteiger partial charge in [0, 0.05) is 11.1 Å². The number of nitrogens with zero attached hydrogens (tertiary/aromatic N) is 2. The number of hydrogen-bond acceptors (Lipinski definition) is 6. The van der Waals surface area contributed by atoms with Crippen LogP contribution in [-0.2, 0) is 6.54 Å². The van der Waals surface area contributed by atoms with Crippen molar-refractivity contribution in [3.8, 4) is 0 Å². The van der Waals surface area contributed by atoms with E-state index in [1.54, 1.807) is 0 Å². The summed E-state index contributed by atoms with van der Waals surface area (Å²) >= 11 is 5.77. The van der Waals surface area contributed by atoms with Gasteiger partial charge in [0.1, 0.15) is 16.4 Å². The average molecular weight is 298 g/mol. The molecule has 1 N–H and O–H groups in total. The molecule has 104 valence electrons. The van der Waals surface area contributed by atoms with Crippen molar-refractivity contribution in [2.75, 3.05) is 5.32 Å². The monoisotopic (exact) mass is 297 g/mol. The standard InChI is InChI=1S/C11H8ClN3O5/c12-7-1-3-10(14(16)17)9(5-7)13-6-8-2-4-11(20-8)15(18)19/h1-5,13H,6H2. The summed E-state index contributed by atoms with van der Waals surface area (Å²) in [4.78, 5) is 20.1. The van der Waals surface area contributed by atoms with Gasteiger partial charge in [-0.05, 0) is 18.2 Å². The van der Waals surface area contributed by atoms with Crippen LogP contribution >= 0.6 is 11.6 Å². The van der Waals surface area contributed by atoms with Crippen LogP contribution in [0.2, 0.25) is 5.02 Å². The summed E-state index contributed by atoms with van der Waals surface area (Å²) in [5, 5.41) is 24.4. The molecule has 0 unspecified atom stereocenters. The number of nitrogens with one attached hydrogen (secondary N) is 1. The molecule has 1 aromatic carbocycles. The minimum atomic E-state index is -0.661. The van der Waals surface area contributed by atoms with Crippen molar-refractivity contribution in [3.63, 3.8) is 0 Å². The van der Waals surface area contributed by atoms with Gasteiger partial charge in [0.25, 0.3) is 5.69 Å². The lowest BCUT2D eigenvalue weighted by Gasteiger charge is -2.05. The Labute approximate surface area is 117 Å². The van der Waals surface area contributed by atoms with E-state index < -0.39 is 9.85 Å². The molecule has 0 aliphatic rings. The molecule has 0 fully saturated rings. The van der Waals surface area contributed by atoms with Gasteiger partial charge in [-0.15, -0.1) is 0 Å². The molecule has 2 aromatic rings. The molecule has 9 heteroatoms. The van der Waals surface area contributed by atoms with E-state index in [4.69, 9.17) is 16.0 Å². The number of halogens is 1. The van der Waals surface area contributed by atoms with Crippen molar-refractivity contribution in [1.29, 1.82) is 0 Å². The molecule has 0 aliphatic carbocycles. The molecule has 1 aromatic heterocycles. The number of anilines is 1. The number of nitro groups is 2. The quantitative estimate of drug-likeness (QED) is 0.669. The first-order chi connectivity index (χ1) is 9.47. The van der Waals surface area contributed by atoms with Gasteiger partial charge in [-0.25, -0.2) is 0 Å². The number of nitro benzene ring substituents is 1. The van der Waals surface area contributed by atoms with Gasteiger partial charge in [-0.1, -0.05) is 11.6 Å². The van der Waals surface area contributed by atoms with Crippen molar-refractivity contribution < 1.29 is 14.3 Å². The van der Waals surface area contributed by atoms with Gasteiger partial charge < -0.3 is 9.73 Å². The van der Waals surface area contributed by atoms with E-state index in [0.29, 0.717) is 5.02 Å². The Balaban J connectivity index is 2.15. The zero-order valence-corrected chi connectivity index (χ0v) is 10.7. The van der Waals surface area contributed by atoms with Crippen molar-refractivity contribution in [2.24, 2.45) is 0 Å². The second kappa shape index (κ2) is 5.57. The summed E-state index contributed by atoms with van der Waals surface area (Å²) in [6, 6.07) is 6.71. The van der Waals surface area contributed by atoms with E-state index in [1.165, 1.54) is 30.3 Å². The number of benzene rings is 1. The smallest absolute Gasteiger partial charge is 0.404 e. The van der Waals surface area contributed by atoms with Gasteiger partial charge in [0.05, 0.1) is 17.5 Å². The SMILES string of the molecule is O=[N+]([O-])c1ccc(CNc2cc(Cl)ccc2[N+](=O)[O-])o1. The molecule has 0 saturated heterocycles. The zero-order valence-electron chi connectivity index (χ0n) is 9.91. The molecule has 20 heavy (non-hydrogen) atoms. The van der Waals surface area contributed by atoms with E-state index in [-0.39, 0.29) is 29.6 Å². The van der Waals surface area contributed by atoms with Crippen LogP contribution in [0.5, 0.6) is 0 Å². The van der Waals surface area contributed by atoms with Crippen molar-refractivity contribution >= 4 is 28.9 Å². The molecular formula is C11H8ClN3O5. The maximum atomic E-state index is 10.8. The van der Waals surface area contributed by atoms with Crippen molar-refractivity contribution in [3.05, 3.63) is 61.3 Å². The minimum absolute atomic E-state index is 0.0645. The molecule has 0 atom stereocenters. The molecule has 0 spiro atoms. The summed E-state index contributed by atoms with van der Waals surface area (Å²) in [6.07, 6.45) is 0. The van der Waals surface area contributed by atoms with Crippen LogP contribution in [0.25, 0.3) is 0 Å². The van der Waals surface area contributed by atoms with Crippen LogP contribution < -0.4 is 5.32 Å². The molecule has 2 rings (SSSR count). The Hall–Kier alpha value is -2.61. The summed E-state index contributed by atoms with van der Waals surface area (Å²) < 4.78 is 4.93. The molecule has 8 nitrogen and oxygen atoms in total. The van der Waals surface area contributed by atoms with E-state index in [2.05, 4.69) is 5.32 Å². The first kappa shape index (κ1) is 13.8. The molecule has 1 heterocycles. The minimum Gasteiger partial charge on any atom is -0.404 e. The Morgan fingerprint density at radius 2 is 1.90 bits per heavy atom. The van der Waals surface area contributed by atoms with E-state index in [0.717, 1.165) is 0 Å². The highest BCUT2D eigenvalue weighted by atomic mass is 35.5. The highest BCUT2D eigenvalue weighted by molar-refractivity contribution is 6.31. The predicted molar refractivity (Wildman–Crippen MR) is 70.8 cm³/mol. The molecule has 0 radical (unpaired) electrons. The van der Waals surface area contributed by atoms with Gasteiger partial charge in [0.2, 0.25) is 0 Å². The Kier molecular flexibility index (Phi) is 3.85. The lowest BCUT2D eigenvalue weighted by Crippen LogP contribution is -2.01. The van der Waals surface area contributed by atoms with E-state index in [9.17, 15) is 20.2 Å². The normalized spacial score (nSPS) is 10.2. The molecule has 0 saturated carbocycles. The fraction of sp³-hybridized carbons (Fsp3) is 0.0909. The van der Waals surface area contributed by atoms with E-state index >= 15 is 0 Å². The largest absolute Gasteiger partial charge is 0.433 e. The van der Waals surface area contributed by atoms with Crippen LogP contribution in [-0.4, -0.2) is 9.85 Å². The van der Waals surface area contributed by atoms with Gasteiger partial charge in [-0.3, -0.25) is 20.2 Å². The average Bonchev–Trinajstić information content (AvgIpc) is 2.85. The Morgan fingerprint density at radius 1 is 1.15 bits per heavy atom. The fourth-order valence-corrected chi connectivity index (χ4v) is 1.72. The summed E-state index contributed by atoms with van der Waals surface area (Å²) in [5.74, 6) is -0.103. The molecule has 0 amide bonds. The van der Waals surface area contributed by atoms with Gasteiger partial charge >= 0.3 is 5.88 Å². The number of furan rings is 1. The van der Waals surface area contributed by atoms with Crippen LogP contribution in [0.15, 0.2) is 34.7 Å². The van der Waals surface area contributed by atoms with Crippen molar-refractivity contribution in [2.45, 2.75) is 6.54 Å². The summed E-state index contributed by atoms with van der Waals surface area (Å²) in [5.41, 5.74) is 0.0667. The van der Waals surface area contributed by atoms with Crippen molar-refractivity contribution in [1.82, 2.24) is 0 Å². The van der Waals surface area contributed by atoms with Gasteiger partial charge in [0.15, 0.2) is 0 Å². The lowest BCUT2D eigenvalue weighted by molar-refractivity contribution is -0.402. The second-order valence-corrected chi connectivity index (χ2v) is 4.21. The van der Waals surface area contributed by atoms with E-state index in [1.807, 2.05) is 0 Å². The fourth-order valence-electron chi connectivity index (χ4n) is 1.55. The van der Waals surface area contributed by atoms with Crippen LogP contribution in [0, 0.1) is 20.2 Å². The molecule has 0 aliphatic heterocycles. The number of rotatable bonds is 5. The summed E-state index contributed by atoms with van der Waals surface area (Å²) in [6.45, 7) is 0.0645. The zero-order chi connectivity index (χ0) is 14.7. The third kappa shape index (κ3) is 3.04.